The fraction of sp³-hybridized carbons (Fsp3) is 0.412. The first-order valence-corrected chi connectivity index (χ1v) is 7.57. The van der Waals surface area contributed by atoms with Crippen molar-refractivity contribution in [3.63, 3.8) is 0 Å². The van der Waals surface area contributed by atoms with E-state index in [9.17, 15) is 5.11 Å². The first-order chi connectivity index (χ1) is 10.2. The highest BCUT2D eigenvalue weighted by Gasteiger charge is 2.13. The van der Waals surface area contributed by atoms with E-state index in [2.05, 4.69) is 33.9 Å². The molecule has 1 aromatic heterocycles. The molecule has 112 valence electrons. The number of aromatic nitrogens is 2. The maximum Gasteiger partial charge on any atom is 0.230 e. The lowest BCUT2D eigenvalue weighted by Crippen LogP contribution is -2.21. The van der Waals surface area contributed by atoms with Gasteiger partial charge in [-0.1, -0.05) is 44.4 Å². The van der Waals surface area contributed by atoms with E-state index >= 15 is 0 Å². The molecule has 0 fully saturated rings. The standard InChI is InChI=1S/C17H23N3O/c1-3-4-5-9-12-20(15-10-7-6-8-11-15)17-18-13-16(21)14(2)19-17/h6-8,10-11,13,21H,3-5,9,12H2,1-2H3. The van der Waals surface area contributed by atoms with Crippen molar-refractivity contribution in [3.05, 3.63) is 42.2 Å². The topological polar surface area (TPSA) is 49.2 Å². The van der Waals surface area contributed by atoms with Crippen LogP contribution in [-0.2, 0) is 0 Å². The minimum Gasteiger partial charge on any atom is -0.504 e. The first kappa shape index (κ1) is 15.3. The van der Waals surface area contributed by atoms with Gasteiger partial charge in [0.25, 0.3) is 0 Å². The molecule has 0 spiro atoms. The van der Waals surface area contributed by atoms with Gasteiger partial charge in [-0.2, -0.15) is 0 Å². The molecule has 1 aromatic carbocycles. The Balaban J connectivity index is 2.20. The lowest BCUT2D eigenvalue weighted by molar-refractivity contribution is 0.464. The Morgan fingerprint density at radius 3 is 2.52 bits per heavy atom. The Hall–Kier alpha value is -2.10. The Morgan fingerprint density at radius 2 is 1.86 bits per heavy atom. The SMILES string of the molecule is CCCCCCN(c1ccccc1)c1ncc(O)c(C)n1. The Labute approximate surface area is 126 Å². The molecule has 1 heterocycles. The van der Waals surface area contributed by atoms with Gasteiger partial charge in [0.15, 0.2) is 5.75 Å². The number of benzene rings is 1. The molecule has 21 heavy (non-hydrogen) atoms. The van der Waals surface area contributed by atoms with E-state index in [4.69, 9.17) is 0 Å². The molecule has 0 saturated heterocycles. The molecular weight excluding hydrogens is 262 g/mol. The largest absolute Gasteiger partial charge is 0.504 e. The number of aryl methyl sites for hydroxylation is 1. The summed E-state index contributed by atoms with van der Waals surface area (Å²) in [6.07, 6.45) is 6.25. The molecule has 0 bridgehead atoms. The summed E-state index contributed by atoms with van der Waals surface area (Å²) in [6.45, 7) is 4.89. The molecule has 0 radical (unpaired) electrons. The summed E-state index contributed by atoms with van der Waals surface area (Å²) in [4.78, 5) is 10.8. The van der Waals surface area contributed by atoms with Crippen molar-refractivity contribution < 1.29 is 5.11 Å². The van der Waals surface area contributed by atoms with Crippen LogP contribution in [0, 0.1) is 6.92 Å². The Morgan fingerprint density at radius 1 is 1.10 bits per heavy atom. The Bertz CT molecular complexity index is 557. The minimum absolute atomic E-state index is 0.137. The van der Waals surface area contributed by atoms with Crippen LogP contribution in [0.5, 0.6) is 5.75 Å². The van der Waals surface area contributed by atoms with Crippen LogP contribution >= 0.6 is 0 Å². The second-order valence-corrected chi connectivity index (χ2v) is 5.19. The molecular formula is C17H23N3O. The maximum atomic E-state index is 9.60. The summed E-state index contributed by atoms with van der Waals surface area (Å²) in [5.41, 5.74) is 1.69. The predicted molar refractivity (Wildman–Crippen MR) is 86.0 cm³/mol. The second kappa shape index (κ2) is 7.62. The molecule has 2 aromatic rings. The summed E-state index contributed by atoms with van der Waals surface area (Å²) in [5, 5.41) is 9.60. The number of unbranched alkanes of at least 4 members (excludes halogenated alkanes) is 3. The molecule has 4 nitrogen and oxygen atoms in total. The van der Waals surface area contributed by atoms with Crippen molar-refractivity contribution >= 4 is 11.6 Å². The lowest BCUT2D eigenvalue weighted by Gasteiger charge is -2.23. The molecule has 0 aliphatic rings. The van der Waals surface area contributed by atoms with E-state index in [1.54, 1.807) is 6.92 Å². The first-order valence-electron chi connectivity index (χ1n) is 7.57. The van der Waals surface area contributed by atoms with Gasteiger partial charge < -0.3 is 10.0 Å². The molecule has 2 rings (SSSR count). The third-order valence-corrected chi connectivity index (χ3v) is 3.49. The van der Waals surface area contributed by atoms with E-state index in [1.807, 2.05) is 18.2 Å². The van der Waals surface area contributed by atoms with Crippen LogP contribution in [0.25, 0.3) is 0 Å². The molecule has 4 heteroatoms. The van der Waals surface area contributed by atoms with Crippen molar-refractivity contribution in [1.82, 2.24) is 9.97 Å². The van der Waals surface area contributed by atoms with Gasteiger partial charge in [-0.25, -0.2) is 9.97 Å². The maximum absolute atomic E-state index is 9.60. The summed E-state index contributed by atoms with van der Waals surface area (Å²) in [5.74, 6) is 0.783. The van der Waals surface area contributed by atoms with Crippen LogP contribution in [0.15, 0.2) is 36.5 Å². The lowest BCUT2D eigenvalue weighted by atomic mass is 10.2. The highest BCUT2D eigenvalue weighted by molar-refractivity contribution is 5.57. The number of rotatable bonds is 7. The van der Waals surface area contributed by atoms with Crippen molar-refractivity contribution in [3.8, 4) is 5.75 Å². The van der Waals surface area contributed by atoms with E-state index < -0.39 is 0 Å². The molecule has 0 amide bonds. The molecule has 0 saturated carbocycles. The zero-order valence-electron chi connectivity index (χ0n) is 12.8. The number of nitrogens with zero attached hydrogens (tertiary/aromatic N) is 3. The van der Waals surface area contributed by atoms with Gasteiger partial charge in [0, 0.05) is 12.2 Å². The van der Waals surface area contributed by atoms with E-state index in [1.165, 1.54) is 25.5 Å². The van der Waals surface area contributed by atoms with Gasteiger partial charge in [-0.15, -0.1) is 0 Å². The number of anilines is 2. The van der Waals surface area contributed by atoms with E-state index in [0.717, 1.165) is 18.7 Å². The van der Waals surface area contributed by atoms with Gasteiger partial charge in [-0.05, 0) is 25.5 Å². The fourth-order valence-electron chi connectivity index (χ4n) is 2.23. The van der Waals surface area contributed by atoms with Gasteiger partial charge in [-0.3, -0.25) is 0 Å². The van der Waals surface area contributed by atoms with Crippen LogP contribution in [-0.4, -0.2) is 21.6 Å². The van der Waals surface area contributed by atoms with Gasteiger partial charge in [0.1, 0.15) is 0 Å². The van der Waals surface area contributed by atoms with Gasteiger partial charge >= 0.3 is 0 Å². The zero-order chi connectivity index (χ0) is 15.1. The summed E-state index contributed by atoms with van der Waals surface area (Å²) in [7, 11) is 0. The second-order valence-electron chi connectivity index (χ2n) is 5.19. The molecule has 1 N–H and O–H groups in total. The molecule has 0 aliphatic heterocycles. The summed E-state index contributed by atoms with van der Waals surface area (Å²) >= 11 is 0. The molecule has 0 atom stereocenters. The highest BCUT2D eigenvalue weighted by atomic mass is 16.3. The van der Waals surface area contributed by atoms with Crippen LogP contribution < -0.4 is 4.90 Å². The molecule has 0 aliphatic carbocycles. The van der Waals surface area contributed by atoms with Crippen molar-refractivity contribution in [2.24, 2.45) is 0 Å². The third kappa shape index (κ3) is 4.18. The highest BCUT2D eigenvalue weighted by Crippen LogP contribution is 2.24. The normalized spacial score (nSPS) is 10.6. The monoisotopic (exact) mass is 285 g/mol. The average molecular weight is 285 g/mol. The number of aromatic hydroxyl groups is 1. The van der Waals surface area contributed by atoms with Gasteiger partial charge in [0.2, 0.25) is 5.95 Å². The third-order valence-electron chi connectivity index (χ3n) is 3.49. The van der Waals surface area contributed by atoms with Crippen LogP contribution in [0.3, 0.4) is 0 Å². The average Bonchev–Trinajstić information content (AvgIpc) is 2.51. The Kier molecular flexibility index (Phi) is 5.55. The van der Waals surface area contributed by atoms with Crippen LogP contribution in [0.2, 0.25) is 0 Å². The summed E-state index contributed by atoms with van der Waals surface area (Å²) < 4.78 is 0. The zero-order valence-corrected chi connectivity index (χ0v) is 12.8. The number of hydrogen-bond donors (Lipinski definition) is 1. The number of hydrogen-bond acceptors (Lipinski definition) is 4. The predicted octanol–water partition coefficient (Wildman–Crippen LogP) is 4.21. The quantitative estimate of drug-likeness (QED) is 0.774. The van der Waals surface area contributed by atoms with Crippen molar-refractivity contribution in [1.29, 1.82) is 0 Å². The van der Waals surface area contributed by atoms with E-state index in [-0.39, 0.29) is 5.75 Å². The van der Waals surface area contributed by atoms with Crippen LogP contribution in [0.4, 0.5) is 11.6 Å². The van der Waals surface area contributed by atoms with Gasteiger partial charge in [0.05, 0.1) is 11.9 Å². The van der Waals surface area contributed by atoms with Crippen LogP contribution in [0.1, 0.15) is 38.3 Å². The van der Waals surface area contributed by atoms with Crippen molar-refractivity contribution in [2.75, 3.05) is 11.4 Å². The van der Waals surface area contributed by atoms with E-state index in [0.29, 0.717) is 11.6 Å². The van der Waals surface area contributed by atoms with Crippen molar-refractivity contribution in [2.45, 2.75) is 39.5 Å². The fourth-order valence-corrected chi connectivity index (χ4v) is 2.23. The minimum atomic E-state index is 0.137. The number of para-hydroxylation sites is 1. The smallest absolute Gasteiger partial charge is 0.230 e. The summed E-state index contributed by atoms with van der Waals surface area (Å²) in [6, 6.07) is 10.2. The molecule has 0 unspecified atom stereocenters.